The summed E-state index contributed by atoms with van der Waals surface area (Å²) in [5, 5.41) is 1.62. The van der Waals surface area contributed by atoms with Crippen LogP contribution in [0.4, 0.5) is 13.2 Å². The number of hydrogen-bond donors (Lipinski definition) is 0. The van der Waals surface area contributed by atoms with Gasteiger partial charge in [-0.25, -0.2) is 4.98 Å². The van der Waals surface area contributed by atoms with E-state index in [1.807, 2.05) is 0 Å². The van der Waals surface area contributed by atoms with E-state index in [0.29, 0.717) is 10.3 Å². The van der Waals surface area contributed by atoms with Crippen molar-refractivity contribution in [2.45, 2.75) is 5.51 Å². The lowest BCUT2D eigenvalue weighted by atomic mass is 10.5. The zero-order chi connectivity index (χ0) is 12.7. The lowest BCUT2D eigenvalue weighted by Crippen LogP contribution is -2.28. The highest BCUT2D eigenvalue weighted by Gasteiger charge is 2.48. The first-order valence-corrected chi connectivity index (χ1v) is 6.29. The molecule has 0 atom stereocenters. The molecule has 0 N–H and O–H groups in total. The van der Waals surface area contributed by atoms with Crippen LogP contribution in [0.1, 0.15) is 0 Å². The molecule has 17 heavy (non-hydrogen) atoms. The number of thiophene rings is 1. The van der Waals surface area contributed by atoms with Crippen molar-refractivity contribution in [2.24, 2.45) is 0 Å². The molecule has 10 heteroatoms. The van der Waals surface area contributed by atoms with Crippen LogP contribution in [0.2, 0.25) is 0 Å². The van der Waals surface area contributed by atoms with Gasteiger partial charge in [-0.1, -0.05) is 0 Å². The van der Waals surface area contributed by atoms with Gasteiger partial charge in [0.1, 0.15) is 10.3 Å². The van der Waals surface area contributed by atoms with Crippen LogP contribution in [0.15, 0.2) is 17.6 Å². The second-order valence-corrected chi connectivity index (χ2v) is 5.23. The van der Waals surface area contributed by atoms with Gasteiger partial charge in [0.25, 0.3) is 5.88 Å². The van der Waals surface area contributed by atoms with Crippen LogP contribution in [0, 0.1) is 0 Å². The Morgan fingerprint density at radius 2 is 2.06 bits per heavy atom. The van der Waals surface area contributed by atoms with Crippen LogP contribution in [-0.2, 0) is 10.1 Å². The molecule has 0 aliphatic rings. The SMILES string of the molecule is O=S(=O)(Oc1cnc2ccsc2n1)C(F)(F)F. The van der Waals surface area contributed by atoms with Gasteiger partial charge in [0.2, 0.25) is 0 Å². The second kappa shape index (κ2) is 3.81. The standard InChI is InChI=1S/C7H3F3N2O3S2/c8-7(9,10)17(13,14)15-5-3-11-4-1-2-16-6(4)12-5/h1-3H. The second-order valence-electron chi connectivity index (χ2n) is 2.80. The molecule has 2 aromatic rings. The molecule has 0 unspecified atom stereocenters. The quantitative estimate of drug-likeness (QED) is 0.622. The summed E-state index contributed by atoms with van der Waals surface area (Å²) in [5.41, 5.74) is -5.04. The monoisotopic (exact) mass is 284 g/mol. The molecule has 0 amide bonds. The van der Waals surface area contributed by atoms with Crippen molar-refractivity contribution in [1.82, 2.24) is 9.97 Å². The molecule has 0 spiro atoms. The van der Waals surface area contributed by atoms with Gasteiger partial charge in [-0.3, -0.25) is 0 Å². The molecule has 0 aliphatic heterocycles. The summed E-state index contributed by atoms with van der Waals surface area (Å²) in [4.78, 5) is 7.58. The van der Waals surface area contributed by atoms with Crippen molar-refractivity contribution < 1.29 is 25.8 Å². The number of fused-ring (bicyclic) bond motifs is 1. The van der Waals surface area contributed by atoms with Crippen LogP contribution >= 0.6 is 11.3 Å². The maximum Gasteiger partial charge on any atom is 0.534 e. The van der Waals surface area contributed by atoms with Crippen molar-refractivity contribution in [3.8, 4) is 5.88 Å². The topological polar surface area (TPSA) is 69.2 Å². The fourth-order valence-electron chi connectivity index (χ4n) is 0.930. The predicted octanol–water partition coefficient (Wildman–Crippen LogP) is 1.92. The Morgan fingerprint density at radius 3 is 2.71 bits per heavy atom. The maximum atomic E-state index is 12.0. The lowest BCUT2D eigenvalue weighted by molar-refractivity contribution is -0.0501. The first-order chi connectivity index (χ1) is 7.79. The molecule has 0 bridgehead atoms. The third kappa shape index (κ3) is 2.31. The molecule has 0 saturated heterocycles. The van der Waals surface area contributed by atoms with Crippen molar-refractivity contribution in [1.29, 1.82) is 0 Å². The number of hydrogen-bond acceptors (Lipinski definition) is 6. The van der Waals surface area contributed by atoms with E-state index in [1.165, 1.54) is 0 Å². The van der Waals surface area contributed by atoms with E-state index in [9.17, 15) is 21.6 Å². The summed E-state index contributed by atoms with van der Waals surface area (Å²) in [5.74, 6) is -0.711. The molecule has 0 fully saturated rings. The van der Waals surface area contributed by atoms with Crippen molar-refractivity contribution in [3.05, 3.63) is 17.6 Å². The van der Waals surface area contributed by atoms with Gasteiger partial charge >= 0.3 is 15.6 Å². The maximum absolute atomic E-state index is 12.0. The molecule has 2 aromatic heterocycles. The molecule has 2 heterocycles. The molecule has 92 valence electrons. The minimum Gasteiger partial charge on any atom is -0.353 e. The first kappa shape index (κ1) is 12.0. The molecule has 0 aromatic carbocycles. The third-order valence-electron chi connectivity index (χ3n) is 1.63. The van der Waals surface area contributed by atoms with Gasteiger partial charge in [-0.05, 0) is 11.4 Å². The highest BCUT2D eigenvalue weighted by Crippen LogP contribution is 2.27. The van der Waals surface area contributed by atoms with Crippen LogP contribution in [-0.4, -0.2) is 23.9 Å². The summed E-state index contributed by atoms with van der Waals surface area (Å²) in [6, 6.07) is 1.59. The molecule has 2 rings (SSSR count). The van der Waals surface area contributed by atoms with Gasteiger partial charge in [0.15, 0.2) is 0 Å². The fraction of sp³-hybridized carbons (Fsp3) is 0.143. The summed E-state index contributed by atoms with van der Waals surface area (Å²) >= 11 is 1.11. The van der Waals surface area contributed by atoms with Gasteiger partial charge in [-0.2, -0.15) is 26.6 Å². The lowest BCUT2D eigenvalue weighted by Gasteiger charge is -2.07. The fourth-order valence-corrected chi connectivity index (χ4v) is 2.04. The van der Waals surface area contributed by atoms with Crippen LogP contribution in [0.25, 0.3) is 10.3 Å². The Kier molecular flexibility index (Phi) is 2.70. The van der Waals surface area contributed by atoms with E-state index in [0.717, 1.165) is 17.5 Å². The van der Waals surface area contributed by atoms with E-state index < -0.39 is 21.5 Å². The van der Waals surface area contributed by atoms with Crippen LogP contribution in [0.5, 0.6) is 5.88 Å². The Balaban J connectivity index is 2.36. The van der Waals surface area contributed by atoms with Gasteiger partial charge in [0, 0.05) is 0 Å². The smallest absolute Gasteiger partial charge is 0.353 e. The Morgan fingerprint density at radius 1 is 1.35 bits per heavy atom. The van der Waals surface area contributed by atoms with Crippen molar-refractivity contribution in [2.75, 3.05) is 0 Å². The van der Waals surface area contributed by atoms with E-state index in [2.05, 4.69) is 14.2 Å². The zero-order valence-electron chi connectivity index (χ0n) is 7.80. The number of rotatable bonds is 2. The molecule has 0 saturated carbocycles. The van der Waals surface area contributed by atoms with Crippen LogP contribution < -0.4 is 4.18 Å². The third-order valence-corrected chi connectivity index (χ3v) is 3.38. The molecule has 5 nitrogen and oxygen atoms in total. The van der Waals surface area contributed by atoms with Crippen molar-refractivity contribution in [3.63, 3.8) is 0 Å². The number of aromatic nitrogens is 2. The number of halogens is 3. The molecular weight excluding hydrogens is 281 g/mol. The molecular formula is C7H3F3N2O3S2. The van der Waals surface area contributed by atoms with E-state index >= 15 is 0 Å². The number of nitrogens with zero attached hydrogens (tertiary/aromatic N) is 2. The highest BCUT2D eigenvalue weighted by atomic mass is 32.2. The van der Waals surface area contributed by atoms with Gasteiger partial charge in [-0.15, -0.1) is 11.3 Å². The average Bonchev–Trinajstić information content (AvgIpc) is 2.62. The van der Waals surface area contributed by atoms with Crippen molar-refractivity contribution >= 4 is 31.8 Å². The van der Waals surface area contributed by atoms with Gasteiger partial charge in [0.05, 0.1) is 6.20 Å². The highest BCUT2D eigenvalue weighted by molar-refractivity contribution is 7.87. The summed E-state index contributed by atoms with van der Waals surface area (Å²) in [7, 11) is -5.70. The Labute approximate surface area is 97.0 Å². The summed E-state index contributed by atoms with van der Waals surface area (Å²) < 4.78 is 61.2. The van der Waals surface area contributed by atoms with E-state index in [1.54, 1.807) is 11.4 Å². The van der Waals surface area contributed by atoms with E-state index in [4.69, 9.17) is 0 Å². The van der Waals surface area contributed by atoms with E-state index in [-0.39, 0.29) is 0 Å². The predicted molar refractivity (Wildman–Crippen MR) is 53.0 cm³/mol. The van der Waals surface area contributed by atoms with Crippen LogP contribution in [0.3, 0.4) is 0 Å². The minimum atomic E-state index is -5.70. The Bertz CT molecular complexity index is 650. The molecule has 0 radical (unpaired) electrons. The zero-order valence-corrected chi connectivity index (χ0v) is 9.43. The summed E-state index contributed by atoms with van der Waals surface area (Å²) in [6.07, 6.45) is 0.818. The first-order valence-electron chi connectivity index (χ1n) is 4.00. The normalized spacial score (nSPS) is 12.9. The Hall–Kier alpha value is -1.42. The molecule has 0 aliphatic carbocycles. The van der Waals surface area contributed by atoms with Gasteiger partial charge < -0.3 is 4.18 Å². The number of alkyl halides is 3. The minimum absolute atomic E-state index is 0.292. The average molecular weight is 284 g/mol. The summed E-state index contributed by atoms with van der Waals surface area (Å²) in [6.45, 7) is 0. The largest absolute Gasteiger partial charge is 0.534 e.